The van der Waals surface area contributed by atoms with Crippen molar-refractivity contribution in [3.05, 3.63) is 62.5 Å². The topological polar surface area (TPSA) is 80.9 Å². The predicted molar refractivity (Wildman–Crippen MR) is 85.6 cm³/mol. The van der Waals surface area contributed by atoms with E-state index in [1.165, 1.54) is 0 Å². The molecule has 3 rings (SSSR count). The molecule has 5 nitrogen and oxygen atoms in total. The van der Waals surface area contributed by atoms with Gasteiger partial charge in [0.05, 0.1) is 16.6 Å². The van der Waals surface area contributed by atoms with Crippen LogP contribution in [0.25, 0.3) is 11.0 Å². The molecule has 0 atom stereocenters. The number of aromatic amines is 1. The predicted octanol–water partition coefficient (Wildman–Crippen LogP) is 2.67. The number of carbonyl (C=O) groups is 1. The summed E-state index contributed by atoms with van der Waals surface area (Å²) in [6.45, 7) is 1.83. The number of hydrogen-bond acceptors (Lipinski definition) is 3. The highest BCUT2D eigenvalue weighted by molar-refractivity contribution is 9.10. The Hall–Kier alpha value is -2.34. The summed E-state index contributed by atoms with van der Waals surface area (Å²) in [6, 6.07) is 10.4. The van der Waals surface area contributed by atoms with Crippen LogP contribution in [-0.2, 0) is 0 Å². The zero-order chi connectivity index (χ0) is 15.1. The number of benzene rings is 2. The average Bonchev–Trinajstić information content (AvgIpc) is 2.74. The Morgan fingerprint density at radius 3 is 2.71 bits per heavy atom. The Balaban J connectivity index is 2.28. The standard InChI is InChI=1S/C15H12BrN3O2/c1-8-6-13-12(7-11(8)17)18-15(21)19(13)14(20)9-4-2-3-5-10(9)16/h2-7H,17H2,1H3,(H,18,21). The van der Waals surface area contributed by atoms with Crippen LogP contribution in [-0.4, -0.2) is 15.5 Å². The van der Waals surface area contributed by atoms with E-state index in [-0.39, 0.29) is 5.91 Å². The van der Waals surface area contributed by atoms with E-state index in [0.29, 0.717) is 26.8 Å². The Morgan fingerprint density at radius 1 is 1.29 bits per heavy atom. The molecule has 0 fully saturated rings. The van der Waals surface area contributed by atoms with Crippen molar-refractivity contribution in [2.75, 3.05) is 5.73 Å². The molecule has 0 saturated carbocycles. The van der Waals surface area contributed by atoms with Crippen LogP contribution < -0.4 is 11.4 Å². The number of nitrogen functional groups attached to an aromatic ring is 1. The van der Waals surface area contributed by atoms with Crippen LogP contribution in [0.1, 0.15) is 15.9 Å². The summed E-state index contributed by atoms with van der Waals surface area (Å²) in [6.07, 6.45) is 0. The minimum Gasteiger partial charge on any atom is -0.398 e. The van der Waals surface area contributed by atoms with E-state index in [9.17, 15) is 9.59 Å². The number of nitrogens with two attached hydrogens (primary N) is 1. The maximum atomic E-state index is 12.6. The van der Waals surface area contributed by atoms with Crippen molar-refractivity contribution < 1.29 is 4.79 Å². The van der Waals surface area contributed by atoms with E-state index in [0.717, 1.165) is 10.1 Å². The molecule has 0 unspecified atom stereocenters. The molecule has 0 bridgehead atoms. The quantitative estimate of drug-likeness (QED) is 0.665. The number of nitrogens with one attached hydrogen (secondary N) is 1. The van der Waals surface area contributed by atoms with Crippen molar-refractivity contribution in [3.8, 4) is 0 Å². The van der Waals surface area contributed by atoms with Crippen LogP contribution in [0.2, 0.25) is 0 Å². The number of nitrogens with zero attached hydrogens (tertiary/aromatic N) is 1. The van der Waals surface area contributed by atoms with Crippen LogP contribution in [0.3, 0.4) is 0 Å². The van der Waals surface area contributed by atoms with E-state index in [2.05, 4.69) is 20.9 Å². The first-order chi connectivity index (χ1) is 9.99. The Labute approximate surface area is 128 Å². The summed E-state index contributed by atoms with van der Waals surface area (Å²) in [7, 11) is 0. The van der Waals surface area contributed by atoms with Gasteiger partial charge in [0.15, 0.2) is 0 Å². The zero-order valence-electron chi connectivity index (χ0n) is 11.2. The van der Waals surface area contributed by atoms with Gasteiger partial charge in [0.25, 0.3) is 5.91 Å². The van der Waals surface area contributed by atoms with E-state index in [1.54, 1.807) is 30.3 Å². The van der Waals surface area contributed by atoms with Crippen molar-refractivity contribution in [1.82, 2.24) is 9.55 Å². The molecular formula is C15H12BrN3O2. The van der Waals surface area contributed by atoms with Crippen LogP contribution >= 0.6 is 15.9 Å². The van der Waals surface area contributed by atoms with Crippen LogP contribution in [0.5, 0.6) is 0 Å². The van der Waals surface area contributed by atoms with E-state index in [4.69, 9.17) is 5.73 Å². The molecule has 0 spiro atoms. The van der Waals surface area contributed by atoms with Crippen LogP contribution in [0.4, 0.5) is 5.69 Å². The van der Waals surface area contributed by atoms with Gasteiger partial charge in [0.1, 0.15) is 0 Å². The van der Waals surface area contributed by atoms with E-state index >= 15 is 0 Å². The molecule has 6 heteroatoms. The fraction of sp³-hybridized carbons (Fsp3) is 0.0667. The summed E-state index contributed by atoms with van der Waals surface area (Å²) >= 11 is 3.33. The highest BCUT2D eigenvalue weighted by Gasteiger charge is 2.18. The largest absolute Gasteiger partial charge is 0.398 e. The molecule has 0 aliphatic carbocycles. The van der Waals surface area contributed by atoms with Crippen molar-refractivity contribution in [3.63, 3.8) is 0 Å². The van der Waals surface area contributed by atoms with Crippen LogP contribution in [0, 0.1) is 6.92 Å². The maximum Gasteiger partial charge on any atom is 0.333 e. The fourth-order valence-corrected chi connectivity index (χ4v) is 2.69. The summed E-state index contributed by atoms with van der Waals surface area (Å²) < 4.78 is 1.77. The Kier molecular flexibility index (Phi) is 3.17. The summed E-state index contributed by atoms with van der Waals surface area (Å²) in [5.41, 5.74) is 8.24. The second-order valence-electron chi connectivity index (χ2n) is 4.78. The summed E-state index contributed by atoms with van der Waals surface area (Å²) in [5.74, 6) is -0.386. The van der Waals surface area contributed by atoms with Crippen molar-refractivity contribution in [2.45, 2.75) is 6.92 Å². The lowest BCUT2D eigenvalue weighted by Crippen LogP contribution is -2.25. The second-order valence-corrected chi connectivity index (χ2v) is 5.63. The molecule has 106 valence electrons. The lowest BCUT2D eigenvalue weighted by atomic mass is 10.1. The lowest BCUT2D eigenvalue weighted by molar-refractivity contribution is 0.0960. The number of hydrogen-bond donors (Lipinski definition) is 2. The number of anilines is 1. The molecule has 3 N–H and O–H groups in total. The van der Waals surface area contributed by atoms with Gasteiger partial charge in [-0.3, -0.25) is 4.79 Å². The summed E-state index contributed by atoms with van der Waals surface area (Å²) in [5, 5.41) is 0. The van der Waals surface area contributed by atoms with Gasteiger partial charge in [0, 0.05) is 10.2 Å². The third-order valence-corrected chi connectivity index (χ3v) is 4.07. The summed E-state index contributed by atoms with van der Waals surface area (Å²) in [4.78, 5) is 27.4. The van der Waals surface area contributed by atoms with Crippen molar-refractivity contribution in [1.29, 1.82) is 0 Å². The first-order valence-corrected chi connectivity index (χ1v) is 7.08. The molecule has 0 amide bonds. The molecule has 21 heavy (non-hydrogen) atoms. The average molecular weight is 346 g/mol. The minimum atomic E-state index is -0.476. The third-order valence-electron chi connectivity index (χ3n) is 3.38. The maximum absolute atomic E-state index is 12.6. The van der Waals surface area contributed by atoms with Crippen molar-refractivity contribution in [2.24, 2.45) is 0 Å². The van der Waals surface area contributed by atoms with Gasteiger partial charge in [-0.2, -0.15) is 0 Å². The van der Waals surface area contributed by atoms with E-state index < -0.39 is 5.69 Å². The smallest absolute Gasteiger partial charge is 0.333 e. The number of halogens is 1. The number of H-pyrrole nitrogens is 1. The normalized spacial score (nSPS) is 11.0. The number of imidazole rings is 1. The third kappa shape index (κ3) is 2.17. The number of aryl methyl sites for hydroxylation is 1. The fourth-order valence-electron chi connectivity index (χ4n) is 2.23. The van der Waals surface area contributed by atoms with Gasteiger partial charge in [0.2, 0.25) is 0 Å². The molecular weight excluding hydrogens is 334 g/mol. The molecule has 0 aliphatic heterocycles. The minimum absolute atomic E-state index is 0.386. The van der Waals surface area contributed by atoms with E-state index in [1.807, 2.05) is 13.0 Å². The SMILES string of the molecule is Cc1cc2c(cc1N)[nH]c(=O)n2C(=O)c1ccccc1Br. The number of aromatic nitrogens is 2. The zero-order valence-corrected chi connectivity index (χ0v) is 12.8. The van der Waals surface area contributed by atoms with Gasteiger partial charge in [-0.25, -0.2) is 9.36 Å². The molecule has 3 aromatic rings. The Bertz CT molecular complexity index is 924. The van der Waals surface area contributed by atoms with Gasteiger partial charge in [-0.05, 0) is 52.7 Å². The first-order valence-electron chi connectivity index (χ1n) is 6.29. The molecule has 0 aliphatic rings. The first kappa shape index (κ1) is 13.6. The molecule has 1 heterocycles. The number of carbonyl (C=O) groups excluding carboxylic acids is 1. The monoisotopic (exact) mass is 345 g/mol. The van der Waals surface area contributed by atoms with Gasteiger partial charge in [-0.15, -0.1) is 0 Å². The molecule has 0 saturated heterocycles. The molecule has 0 radical (unpaired) electrons. The lowest BCUT2D eigenvalue weighted by Gasteiger charge is -2.06. The van der Waals surface area contributed by atoms with Gasteiger partial charge < -0.3 is 10.7 Å². The highest BCUT2D eigenvalue weighted by atomic mass is 79.9. The number of rotatable bonds is 1. The highest BCUT2D eigenvalue weighted by Crippen LogP contribution is 2.22. The van der Waals surface area contributed by atoms with Gasteiger partial charge >= 0.3 is 5.69 Å². The second kappa shape index (κ2) is 4.89. The van der Waals surface area contributed by atoms with Gasteiger partial charge in [-0.1, -0.05) is 12.1 Å². The number of fused-ring (bicyclic) bond motifs is 1. The Morgan fingerprint density at radius 2 is 2.00 bits per heavy atom. The molecule has 1 aromatic heterocycles. The van der Waals surface area contributed by atoms with Crippen LogP contribution in [0.15, 0.2) is 45.7 Å². The van der Waals surface area contributed by atoms with Crippen molar-refractivity contribution >= 4 is 38.6 Å². The molecule has 2 aromatic carbocycles.